The van der Waals surface area contributed by atoms with Gasteiger partial charge in [0.15, 0.2) is 12.7 Å². The van der Waals surface area contributed by atoms with Gasteiger partial charge in [-0.15, -0.1) is 0 Å². The van der Waals surface area contributed by atoms with Crippen LogP contribution in [0.1, 0.15) is 17.3 Å². The number of hydrogen-bond donors (Lipinski definition) is 1. The van der Waals surface area contributed by atoms with Crippen LogP contribution in [-0.4, -0.2) is 30.9 Å². The summed E-state index contributed by atoms with van der Waals surface area (Å²) in [6, 6.07) is 9.83. The first kappa shape index (κ1) is 19.4. The molecule has 26 heavy (non-hydrogen) atoms. The van der Waals surface area contributed by atoms with Gasteiger partial charge in [0, 0.05) is 11.3 Å². The molecule has 136 valence electrons. The first-order valence-electron chi connectivity index (χ1n) is 7.52. The minimum Gasteiger partial charge on any atom is -0.482 e. The molecule has 0 aliphatic rings. The zero-order valence-corrected chi connectivity index (χ0v) is 14.5. The van der Waals surface area contributed by atoms with Gasteiger partial charge in [0.1, 0.15) is 17.9 Å². The fourth-order valence-electron chi connectivity index (χ4n) is 1.89. The molecule has 2 aromatic rings. The molecule has 0 radical (unpaired) electrons. The largest absolute Gasteiger partial charge is 0.482 e. The fourth-order valence-corrected chi connectivity index (χ4v) is 2.07. The smallest absolute Gasteiger partial charge is 0.344 e. The number of anilines is 1. The van der Waals surface area contributed by atoms with E-state index in [-0.39, 0.29) is 10.7 Å². The molecular weight excluding hydrogens is 365 g/mol. The van der Waals surface area contributed by atoms with Crippen LogP contribution < -0.4 is 10.1 Å². The van der Waals surface area contributed by atoms with Crippen molar-refractivity contribution in [2.75, 3.05) is 11.9 Å². The summed E-state index contributed by atoms with van der Waals surface area (Å²) in [7, 11) is 0. The van der Waals surface area contributed by atoms with Gasteiger partial charge in [-0.05, 0) is 49.4 Å². The van der Waals surface area contributed by atoms with Crippen LogP contribution in [0.5, 0.6) is 5.75 Å². The van der Waals surface area contributed by atoms with Gasteiger partial charge < -0.3 is 14.8 Å². The molecule has 0 saturated carbocycles. The molecule has 0 heterocycles. The van der Waals surface area contributed by atoms with Crippen LogP contribution in [0.25, 0.3) is 0 Å². The first-order chi connectivity index (χ1) is 12.4. The molecule has 0 aliphatic carbocycles. The summed E-state index contributed by atoms with van der Waals surface area (Å²) in [5.74, 6) is -1.58. The summed E-state index contributed by atoms with van der Waals surface area (Å²) < 4.78 is 23.3. The minimum atomic E-state index is -1.09. The second kappa shape index (κ2) is 8.96. The maximum atomic E-state index is 13.1. The van der Waals surface area contributed by atoms with Gasteiger partial charge in [-0.1, -0.05) is 11.6 Å². The van der Waals surface area contributed by atoms with Crippen LogP contribution >= 0.6 is 11.6 Å². The zero-order valence-electron chi connectivity index (χ0n) is 13.7. The Morgan fingerprint density at radius 1 is 1.23 bits per heavy atom. The van der Waals surface area contributed by atoms with Crippen molar-refractivity contribution in [3.8, 4) is 5.75 Å². The van der Waals surface area contributed by atoms with Crippen molar-refractivity contribution in [3.05, 3.63) is 58.9 Å². The second-order valence-electron chi connectivity index (χ2n) is 5.23. The Morgan fingerprint density at radius 2 is 1.92 bits per heavy atom. The van der Waals surface area contributed by atoms with Crippen LogP contribution in [-0.2, 0) is 14.3 Å². The van der Waals surface area contributed by atoms with Crippen LogP contribution in [0.2, 0.25) is 5.02 Å². The highest BCUT2D eigenvalue weighted by atomic mass is 35.5. The second-order valence-corrected chi connectivity index (χ2v) is 5.63. The van der Waals surface area contributed by atoms with Gasteiger partial charge in [-0.3, -0.25) is 9.59 Å². The highest BCUT2D eigenvalue weighted by Gasteiger charge is 2.18. The van der Waals surface area contributed by atoms with E-state index in [0.717, 1.165) is 6.07 Å². The molecule has 2 aromatic carbocycles. The van der Waals surface area contributed by atoms with E-state index in [1.165, 1.54) is 43.3 Å². The summed E-state index contributed by atoms with van der Waals surface area (Å²) in [6.45, 7) is 0.984. The molecule has 0 aromatic heterocycles. The molecule has 1 N–H and O–H groups in total. The molecule has 2 rings (SSSR count). The lowest BCUT2D eigenvalue weighted by atomic mass is 10.2. The van der Waals surface area contributed by atoms with Crippen LogP contribution in [0, 0.1) is 5.82 Å². The quantitative estimate of drug-likeness (QED) is 0.590. The molecule has 0 bridgehead atoms. The van der Waals surface area contributed by atoms with Crippen molar-refractivity contribution in [2.45, 2.75) is 13.0 Å². The lowest BCUT2D eigenvalue weighted by Gasteiger charge is -2.14. The summed E-state index contributed by atoms with van der Waals surface area (Å²) in [5.41, 5.74) is 0.752. The number of esters is 1. The number of halogens is 2. The number of hydrogen-bond acceptors (Lipinski definition) is 5. The Bertz CT molecular complexity index is 810. The van der Waals surface area contributed by atoms with Crippen molar-refractivity contribution in [2.24, 2.45) is 0 Å². The fraction of sp³-hybridized carbons (Fsp3) is 0.167. The van der Waals surface area contributed by atoms with Gasteiger partial charge >= 0.3 is 5.97 Å². The van der Waals surface area contributed by atoms with Crippen molar-refractivity contribution < 1.29 is 28.2 Å². The SMILES string of the molecule is C[C@H](OC(=O)COc1ccc(C=O)cc1)C(=O)Nc1ccc(F)c(Cl)c1. The normalized spacial score (nSPS) is 11.3. The molecule has 6 nitrogen and oxygen atoms in total. The maximum Gasteiger partial charge on any atom is 0.344 e. The van der Waals surface area contributed by atoms with Gasteiger partial charge in [-0.2, -0.15) is 0 Å². The van der Waals surface area contributed by atoms with Crippen LogP contribution in [0.4, 0.5) is 10.1 Å². The highest BCUT2D eigenvalue weighted by Crippen LogP contribution is 2.19. The molecule has 1 amide bonds. The summed E-state index contributed by atoms with van der Waals surface area (Å²) in [4.78, 5) is 34.3. The Morgan fingerprint density at radius 3 is 2.54 bits per heavy atom. The summed E-state index contributed by atoms with van der Waals surface area (Å²) >= 11 is 5.63. The topological polar surface area (TPSA) is 81.7 Å². The third kappa shape index (κ3) is 5.56. The number of amides is 1. The third-order valence-corrected chi connectivity index (χ3v) is 3.53. The molecular formula is C18H15ClFNO5. The van der Waals surface area contributed by atoms with E-state index in [0.29, 0.717) is 17.6 Å². The number of rotatable bonds is 7. The van der Waals surface area contributed by atoms with E-state index in [4.69, 9.17) is 21.1 Å². The van der Waals surface area contributed by atoms with E-state index in [2.05, 4.69) is 5.32 Å². The monoisotopic (exact) mass is 379 g/mol. The van der Waals surface area contributed by atoms with E-state index >= 15 is 0 Å². The Labute approximate surface area is 153 Å². The maximum absolute atomic E-state index is 13.1. The van der Waals surface area contributed by atoms with Gasteiger partial charge in [0.25, 0.3) is 5.91 Å². The van der Waals surface area contributed by atoms with E-state index in [1.807, 2.05) is 0 Å². The number of benzene rings is 2. The van der Waals surface area contributed by atoms with E-state index in [9.17, 15) is 18.8 Å². The standard InChI is InChI=1S/C18H15ClFNO5/c1-11(18(24)21-13-4-7-16(20)15(19)8-13)26-17(23)10-25-14-5-2-12(9-22)3-6-14/h2-9,11H,10H2,1H3,(H,21,24)/t11-/m0/s1. The first-order valence-corrected chi connectivity index (χ1v) is 7.90. The molecule has 0 spiro atoms. The Kier molecular flexibility index (Phi) is 6.68. The minimum absolute atomic E-state index is 0.138. The van der Waals surface area contributed by atoms with Gasteiger partial charge in [-0.25, -0.2) is 9.18 Å². The third-order valence-electron chi connectivity index (χ3n) is 3.24. The lowest BCUT2D eigenvalue weighted by Crippen LogP contribution is -2.31. The van der Waals surface area contributed by atoms with Gasteiger partial charge in [0.2, 0.25) is 0 Å². The number of ether oxygens (including phenoxy) is 2. The van der Waals surface area contributed by atoms with Crippen molar-refractivity contribution in [3.63, 3.8) is 0 Å². The molecule has 0 fully saturated rings. The predicted molar refractivity (Wildman–Crippen MR) is 92.9 cm³/mol. The molecule has 1 atom stereocenters. The van der Waals surface area contributed by atoms with Crippen LogP contribution in [0.3, 0.4) is 0 Å². The van der Waals surface area contributed by atoms with Crippen molar-refractivity contribution >= 4 is 35.5 Å². The van der Waals surface area contributed by atoms with E-state index < -0.39 is 30.4 Å². The molecule has 0 unspecified atom stereocenters. The average Bonchev–Trinajstić information content (AvgIpc) is 2.63. The lowest BCUT2D eigenvalue weighted by molar-refractivity contribution is -0.155. The van der Waals surface area contributed by atoms with Gasteiger partial charge in [0.05, 0.1) is 5.02 Å². The highest BCUT2D eigenvalue weighted by molar-refractivity contribution is 6.31. The number of nitrogens with one attached hydrogen (secondary N) is 1. The molecule has 8 heteroatoms. The molecule has 0 aliphatic heterocycles. The zero-order chi connectivity index (χ0) is 19.1. The summed E-state index contributed by atoms with van der Waals surface area (Å²) in [6.07, 6.45) is -0.403. The van der Waals surface area contributed by atoms with Crippen molar-refractivity contribution in [1.82, 2.24) is 0 Å². The number of aldehydes is 1. The predicted octanol–water partition coefficient (Wildman–Crippen LogP) is 3.24. The van der Waals surface area contributed by atoms with E-state index in [1.54, 1.807) is 0 Å². The molecule has 0 saturated heterocycles. The number of carbonyl (C=O) groups is 3. The Balaban J connectivity index is 1.82. The van der Waals surface area contributed by atoms with Crippen LogP contribution in [0.15, 0.2) is 42.5 Å². The Hall–Kier alpha value is -2.93. The van der Waals surface area contributed by atoms with Crippen molar-refractivity contribution in [1.29, 1.82) is 0 Å². The average molecular weight is 380 g/mol. The summed E-state index contributed by atoms with van der Waals surface area (Å²) in [5, 5.41) is 2.32. The number of carbonyl (C=O) groups excluding carboxylic acids is 3.